The molecule has 0 saturated heterocycles. The van der Waals surface area contributed by atoms with Crippen molar-refractivity contribution in [2.24, 2.45) is 0 Å². The molecule has 0 aliphatic carbocycles. The van der Waals surface area contributed by atoms with E-state index in [0.29, 0.717) is 11.3 Å². The Morgan fingerprint density at radius 3 is 2.93 bits per heavy atom. The lowest BCUT2D eigenvalue weighted by Crippen LogP contribution is -2.12. The molecular formula is C9H8FN3S. The number of rotatable bonds is 2. The number of hydrogen-bond donors (Lipinski definition) is 1. The monoisotopic (exact) mass is 209 g/mol. The van der Waals surface area contributed by atoms with Crippen molar-refractivity contribution in [2.75, 3.05) is 0 Å². The van der Waals surface area contributed by atoms with Crippen LogP contribution in [0.5, 0.6) is 0 Å². The van der Waals surface area contributed by atoms with Crippen molar-refractivity contribution in [1.29, 1.82) is 5.41 Å². The van der Waals surface area contributed by atoms with Gasteiger partial charge in [-0.1, -0.05) is 6.07 Å². The molecule has 0 aromatic carbocycles. The van der Waals surface area contributed by atoms with E-state index >= 15 is 0 Å². The van der Waals surface area contributed by atoms with Crippen LogP contribution in [-0.2, 0) is 6.54 Å². The maximum Gasteiger partial charge on any atom is 0.212 e. The molecule has 2 rings (SSSR count). The van der Waals surface area contributed by atoms with Gasteiger partial charge in [-0.25, -0.2) is 4.98 Å². The molecule has 0 amide bonds. The molecule has 0 radical (unpaired) electrons. The lowest BCUT2D eigenvalue weighted by Gasteiger charge is -2.01. The largest absolute Gasteiger partial charge is 0.320 e. The van der Waals surface area contributed by atoms with Gasteiger partial charge in [0.2, 0.25) is 5.95 Å². The summed E-state index contributed by atoms with van der Waals surface area (Å²) < 4.78 is 14.3. The average molecular weight is 209 g/mol. The lowest BCUT2D eigenvalue weighted by molar-refractivity contribution is 0.581. The Hall–Kier alpha value is -1.49. The second-order valence-electron chi connectivity index (χ2n) is 2.83. The molecule has 2 aromatic heterocycles. The van der Waals surface area contributed by atoms with Gasteiger partial charge in [0.15, 0.2) is 4.80 Å². The van der Waals surface area contributed by atoms with Crippen molar-refractivity contribution >= 4 is 11.3 Å². The molecule has 0 saturated carbocycles. The fraction of sp³-hybridized carbons (Fsp3) is 0.111. The SMILES string of the molecule is N=c1sccn1Cc1ccc(F)nc1. The smallest absolute Gasteiger partial charge is 0.212 e. The maximum atomic E-state index is 12.5. The molecule has 0 atom stereocenters. The Balaban J connectivity index is 2.23. The van der Waals surface area contributed by atoms with Crippen LogP contribution in [0, 0.1) is 11.4 Å². The fourth-order valence-electron chi connectivity index (χ4n) is 1.12. The molecule has 0 fully saturated rings. The highest BCUT2D eigenvalue weighted by Crippen LogP contribution is 2.01. The van der Waals surface area contributed by atoms with Crippen LogP contribution in [0.25, 0.3) is 0 Å². The molecular weight excluding hydrogens is 201 g/mol. The van der Waals surface area contributed by atoms with Gasteiger partial charge < -0.3 is 4.57 Å². The van der Waals surface area contributed by atoms with Crippen molar-refractivity contribution in [1.82, 2.24) is 9.55 Å². The van der Waals surface area contributed by atoms with E-state index in [1.807, 2.05) is 11.6 Å². The summed E-state index contributed by atoms with van der Waals surface area (Å²) in [7, 11) is 0. The minimum Gasteiger partial charge on any atom is -0.320 e. The summed E-state index contributed by atoms with van der Waals surface area (Å²) >= 11 is 1.36. The van der Waals surface area contributed by atoms with E-state index < -0.39 is 5.95 Å². The summed E-state index contributed by atoms with van der Waals surface area (Å²) in [5.74, 6) is -0.477. The molecule has 2 heterocycles. The number of pyridine rings is 1. The van der Waals surface area contributed by atoms with E-state index in [1.165, 1.54) is 23.6 Å². The number of nitrogens with one attached hydrogen (secondary N) is 1. The number of nitrogens with zero attached hydrogens (tertiary/aromatic N) is 2. The summed E-state index contributed by atoms with van der Waals surface area (Å²) in [6.07, 6.45) is 3.32. The lowest BCUT2D eigenvalue weighted by atomic mass is 10.3. The van der Waals surface area contributed by atoms with Crippen LogP contribution < -0.4 is 4.80 Å². The molecule has 72 valence electrons. The van der Waals surface area contributed by atoms with E-state index in [0.717, 1.165) is 5.56 Å². The van der Waals surface area contributed by atoms with Crippen LogP contribution in [0.3, 0.4) is 0 Å². The molecule has 0 aliphatic heterocycles. The first-order chi connectivity index (χ1) is 6.75. The average Bonchev–Trinajstić information content (AvgIpc) is 2.56. The topological polar surface area (TPSA) is 41.7 Å². The van der Waals surface area contributed by atoms with Crippen molar-refractivity contribution < 1.29 is 4.39 Å². The minimum absolute atomic E-state index is 0.477. The molecule has 0 aliphatic rings. The Bertz CT molecular complexity index is 471. The summed E-state index contributed by atoms with van der Waals surface area (Å²) in [5, 5.41) is 9.38. The van der Waals surface area contributed by atoms with Crippen LogP contribution in [0.15, 0.2) is 29.9 Å². The Morgan fingerprint density at radius 2 is 2.36 bits per heavy atom. The third-order valence-electron chi connectivity index (χ3n) is 1.82. The number of halogens is 1. The van der Waals surface area contributed by atoms with E-state index in [1.54, 1.807) is 10.6 Å². The molecule has 2 aromatic rings. The van der Waals surface area contributed by atoms with Gasteiger partial charge >= 0.3 is 0 Å². The fourth-order valence-corrected chi connectivity index (χ4v) is 1.72. The standard InChI is InChI=1S/C9H8FN3S/c10-8-2-1-7(5-12-8)6-13-3-4-14-9(13)11/h1-5,11H,6H2. The van der Waals surface area contributed by atoms with Crippen LogP contribution in [0.1, 0.15) is 5.56 Å². The Labute approximate surface area is 84.0 Å². The number of aromatic nitrogens is 2. The zero-order valence-electron chi connectivity index (χ0n) is 7.27. The molecule has 1 N–H and O–H groups in total. The molecule has 0 spiro atoms. The van der Waals surface area contributed by atoms with Gasteiger partial charge in [0.05, 0.1) is 6.54 Å². The van der Waals surface area contributed by atoms with Gasteiger partial charge in [-0.05, 0) is 11.6 Å². The first-order valence-corrected chi connectivity index (χ1v) is 4.92. The third kappa shape index (κ3) is 1.88. The predicted molar refractivity (Wildman–Crippen MR) is 51.5 cm³/mol. The minimum atomic E-state index is -0.477. The highest BCUT2D eigenvalue weighted by Gasteiger charge is 1.97. The van der Waals surface area contributed by atoms with Gasteiger partial charge in [-0.3, -0.25) is 5.41 Å². The third-order valence-corrected chi connectivity index (χ3v) is 2.54. The van der Waals surface area contributed by atoms with Crippen molar-refractivity contribution in [3.05, 3.63) is 46.2 Å². The molecule has 0 unspecified atom stereocenters. The van der Waals surface area contributed by atoms with Crippen LogP contribution >= 0.6 is 11.3 Å². The highest BCUT2D eigenvalue weighted by atomic mass is 32.1. The number of hydrogen-bond acceptors (Lipinski definition) is 3. The molecule has 14 heavy (non-hydrogen) atoms. The Morgan fingerprint density at radius 1 is 1.50 bits per heavy atom. The summed E-state index contributed by atoms with van der Waals surface area (Å²) in [6, 6.07) is 3.00. The van der Waals surface area contributed by atoms with E-state index in [2.05, 4.69) is 4.98 Å². The molecule has 5 heteroatoms. The van der Waals surface area contributed by atoms with Gasteiger partial charge in [-0.2, -0.15) is 4.39 Å². The van der Waals surface area contributed by atoms with Crippen LogP contribution in [-0.4, -0.2) is 9.55 Å². The van der Waals surface area contributed by atoms with E-state index in [-0.39, 0.29) is 0 Å². The van der Waals surface area contributed by atoms with Crippen LogP contribution in [0.4, 0.5) is 4.39 Å². The van der Waals surface area contributed by atoms with E-state index in [4.69, 9.17) is 5.41 Å². The normalized spacial score (nSPS) is 10.4. The van der Waals surface area contributed by atoms with Crippen molar-refractivity contribution in [3.63, 3.8) is 0 Å². The second-order valence-corrected chi connectivity index (χ2v) is 3.72. The Kier molecular flexibility index (Phi) is 2.41. The maximum absolute atomic E-state index is 12.5. The predicted octanol–water partition coefficient (Wildman–Crippen LogP) is 1.61. The van der Waals surface area contributed by atoms with Crippen molar-refractivity contribution in [2.45, 2.75) is 6.54 Å². The zero-order valence-corrected chi connectivity index (χ0v) is 8.09. The van der Waals surface area contributed by atoms with Gasteiger partial charge in [-0.15, -0.1) is 11.3 Å². The van der Waals surface area contributed by atoms with Crippen LogP contribution in [0.2, 0.25) is 0 Å². The van der Waals surface area contributed by atoms with Gasteiger partial charge in [0.1, 0.15) is 0 Å². The van der Waals surface area contributed by atoms with Crippen molar-refractivity contribution in [3.8, 4) is 0 Å². The first kappa shape index (κ1) is 9.08. The zero-order chi connectivity index (χ0) is 9.97. The first-order valence-electron chi connectivity index (χ1n) is 4.04. The summed E-state index contributed by atoms with van der Waals surface area (Å²) in [5.41, 5.74) is 0.892. The molecule has 0 bridgehead atoms. The second kappa shape index (κ2) is 3.71. The highest BCUT2D eigenvalue weighted by molar-refractivity contribution is 7.06. The quantitative estimate of drug-likeness (QED) is 0.750. The van der Waals surface area contributed by atoms with Gasteiger partial charge in [0.25, 0.3) is 0 Å². The molecule has 3 nitrogen and oxygen atoms in total. The van der Waals surface area contributed by atoms with E-state index in [9.17, 15) is 4.39 Å². The van der Waals surface area contributed by atoms with Gasteiger partial charge in [0, 0.05) is 17.8 Å². The summed E-state index contributed by atoms with van der Waals surface area (Å²) in [6.45, 7) is 0.565. The number of thiazole rings is 1. The summed E-state index contributed by atoms with van der Waals surface area (Å²) in [4.78, 5) is 4.03.